The smallest absolute Gasteiger partial charge is 0.225 e. The molecular weight excluding hydrogens is 454 g/mol. The molecule has 1 aliphatic heterocycles. The molecule has 5 unspecified atom stereocenters. The lowest BCUT2D eigenvalue weighted by atomic mass is 9.72. The van der Waals surface area contributed by atoms with Crippen LogP contribution < -0.4 is 11.1 Å². The Labute approximate surface area is 213 Å². The number of piperidine rings is 1. The van der Waals surface area contributed by atoms with Gasteiger partial charge in [-0.2, -0.15) is 0 Å². The minimum absolute atomic E-state index is 0.0311. The van der Waals surface area contributed by atoms with Crippen molar-refractivity contribution in [3.63, 3.8) is 0 Å². The van der Waals surface area contributed by atoms with E-state index in [4.69, 9.17) is 5.73 Å². The summed E-state index contributed by atoms with van der Waals surface area (Å²) >= 11 is 0. The maximum Gasteiger partial charge on any atom is 0.225 e. The highest BCUT2D eigenvalue weighted by Crippen LogP contribution is 2.43. The molecule has 1 saturated heterocycles. The van der Waals surface area contributed by atoms with Crippen molar-refractivity contribution in [2.45, 2.75) is 63.2 Å². The Morgan fingerprint density at radius 3 is 2.53 bits per heavy atom. The second-order valence-electron chi connectivity index (χ2n) is 10.4. The second-order valence-corrected chi connectivity index (χ2v) is 10.4. The van der Waals surface area contributed by atoms with E-state index in [0.717, 1.165) is 29.5 Å². The van der Waals surface area contributed by atoms with Crippen molar-refractivity contribution in [2.24, 2.45) is 17.6 Å². The van der Waals surface area contributed by atoms with Crippen molar-refractivity contribution in [1.82, 2.24) is 10.2 Å². The van der Waals surface area contributed by atoms with Crippen LogP contribution in [0.15, 0.2) is 54.6 Å². The van der Waals surface area contributed by atoms with Gasteiger partial charge in [0, 0.05) is 44.4 Å². The van der Waals surface area contributed by atoms with E-state index >= 15 is 0 Å². The number of carbonyl (C=O) groups excluding carboxylic acids is 2. The number of likely N-dealkylation sites (tertiary alicyclic amines) is 1. The molecule has 5 atom stereocenters. The summed E-state index contributed by atoms with van der Waals surface area (Å²) in [6.45, 7) is 3.09. The number of amides is 2. The molecule has 0 aromatic heterocycles. The fraction of sp³-hybridized carbons (Fsp3) is 0.517. The fourth-order valence-electron chi connectivity index (χ4n) is 5.99. The van der Waals surface area contributed by atoms with Gasteiger partial charge in [0.2, 0.25) is 11.8 Å². The van der Waals surface area contributed by atoms with Gasteiger partial charge in [0.1, 0.15) is 0 Å². The quantitative estimate of drug-likeness (QED) is 0.422. The maximum absolute atomic E-state index is 13.4. The third kappa shape index (κ3) is 5.80. The van der Waals surface area contributed by atoms with Gasteiger partial charge in [0.15, 0.2) is 0 Å². The topological polar surface area (TPSA) is 116 Å². The number of benzene rings is 2. The van der Waals surface area contributed by atoms with Crippen molar-refractivity contribution >= 4 is 11.8 Å². The van der Waals surface area contributed by atoms with Crippen molar-refractivity contribution in [3.8, 4) is 11.1 Å². The third-order valence-corrected chi connectivity index (χ3v) is 7.92. The summed E-state index contributed by atoms with van der Waals surface area (Å²) in [6.07, 6.45) is 2.96. The molecule has 2 amide bonds. The van der Waals surface area contributed by atoms with Gasteiger partial charge in [-0.15, -0.1) is 0 Å². The van der Waals surface area contributed by atoms with Crippen molar-refractivity contribution in [2.75, 3.05) is 19.6 Å². The SMILES string of the molecule is CC(=O)NCCCC(O)(c1ccccc1-c1ccccc1)C1CCCN(C(=O)C2CC(N)C(O)C2)C1. The van der Waals surface area contributed by atoms with Crippen LogP contribution in [0.2, 0.25) is 0 Å². The first-order valence-corrected chi connectivity index (χ1v) is 13.1. The van der Waals surface area contributed by atoms with E-state index in [0.29, 0.717) is 45.3 Å². The molecule has 0 spiro atoms. The first-order chi connectivity index (χ1) is 17.3. The van der Waals surface area contributed by atoms with Gasteiger partial charge in [-0.3, -0.25) is 9.59 Å². The van der Waals surface area contributed by atoms with E-state index in [-0.39, 0.29) is 29.7 Å². The summed E-state index contributed by atoms with van der Waals surface area (Å²) in [5.41, 5.74) is 7.68. The number of hydrogen-bond donors (Lipinski definition) is 4. The van der Waals surface area contributed by atoms with E-state index < -0.39 is 11.7 Å². The van der Waals surface area contributed by atoms with Gasteiger partial charge in [0.05, 0.1) is 11.7 Å². The van der Waals surface area contributed by atoms with Crippen LogP contribution in [0.1, 0.15) is 51.0 Å². The van der Waals surface area contributed by atoms with Crippen LogP contribution in [0.4, 0.5) is 0 Å². The Kier molecular flexibility index (Phi) is 8.44. The first-order valence-electron chi connectivity index (χ1n) is 13.1. The Morgan fingerprint density at radius 2 is 1.83 bits per heavy atom. The Balaban J connectivity index is 1.62. The van der Waals surface area contributed by atoms with Crippen molar-refractivity contribution in [3.05, 3.63) is 60.2 Å². The molecule has 1 saturated carbocycles. The Hall–Kier alpha value is -2.74. The summed E-state index contributed by atoms with van der Waals surface area (Å²) in [4.78, 5) is 26.6. The van der Waals surface area contributed by atoms with Crippen LogP contribution in [0.3, 0.4) is 0 Å². The summed E-state index contributed by atoms with van der Waals surface area (Å²) in [7, 11) is 0. The molecule has 5 N–H and O–H groups in total. The largest absolute Gasteiger partial charge is 0.391 e. The van der Waals surface area contributed by atoms with E-state index in [9.17, 15) is 19.8 Å². The second kappa shape index (κ2) is 11.5. The van der Waals surface area contributed by atoms with Gasteiger partial charge in [-0.05, 0) is 55.2 Å². The third-order valence-electron chi connectivity index (χ3n) is 7.92. The lowest BCUT2D eigenvalue weighted by molar-refractivity contribution is -0.141. The molecule has 7 heteroatoms. The number of aliphatic hydroxyl groups is 2. The number of nitrogens with one attached hydrogen (secondary N) is 1. The zero-order chi connectivity index (χ0) is 25.7. The molecule has 2 aromatic rings. The van der Waals surface area contributed by atoms with Crippen LogP contribution in [0, 0.1) is 11.8 Å². The molecule has 1 aliphatic carbocycles. The average Bonchev–Trinajstić information content (AvgIpc) is 3.24. The van der Waals surface area contributed by atoms with Crippen molar-refractivity contribution < 1.29 is 19.8 Å². The molecule has 4 rings (SSSR count). The number of nitrogens with zero attached hydrogens (tertiary/aromatic N) is 1. The highest BCUT2D eigenvalue weighted by molar-refractivity contribution is 5.79. The van der Waals surface area contributed by atoms with Crippen LogP contribution in [0.5, 0.6) is 0 Å². The molecule has 1 heterocycles. The predicted molar refractivity (Wildman–Crippen MR) is 140 cm³/mol. The molecule has 36 heavy (non-hydrogen) atoms. The van der Waals surface area contributed by atoms with E-state index in [2.05, 4.69) is 5.32 Å². The van der Waals surface area contributed by atoms with E-state index in [1.165, 1.54) is 6.92 Å². The molecule has 2 aliphatic rings. The zero-order valence-corrected chi connectivity index (χ0v) is 21.1. The monoisotopic (exact) mass is 493 g/mol. The fourth-order valence-corrected chi connectivity index (χ4v) is 5.99. The number of aliphatic hydroxyl groups excluding tert-OH is 1. The van der Waals surface area contributed by atoms with Crippen LogP contribution >= 0.6 is 0 Å². The number of nitrogens with two attached hydrogens (primary N) is 1. The van der Waals surface area contributed by atoms with Gasteiger partial charge in [0.25, 0.3) is 0 Å². The summed E-state index contributed by atoms with van der Waals surface area (Å²) < 4.78 is 0. The molecule has 0 radical (unpaired) electrons. The molecule has 7 nitrogen and oxygen atoms in total. The average molecular weight is 494 g/mol. The van der Waals surface area contributed by atoms with Crippen LogP contribution in [-0.2, 0) is 15.2 Å². The molecule has 0 bridgehead atoms. The normalized spacial score (nSPS) is 25.8. The Morgan fingerprint density at radius 1 is 1.11 bits per heavy atom. The van der Waals surface area contributed by atoms with Crippen molar-refractivity contribution in [1.29, 1.82) is 0 Å². The standard InChI is InChI=1S/C29H39N3O4/c1-20(33)31-15-8-14-29(36,25-13-6-5-12-24(25)21-9-3-2-4-10-21)23-11-7-16-32(19-23)28(35)22-17-26(30)27(34)18-22/h2-6,9-10,12-13,22-23,26-27,34,36H,7-8,11,14-19,30H2,1H3,(H,31,33). The van der Waals surface area contributed by atoms with Crippen LogP contribution in [0.25, 0.3) is 11.1 Å². The molecular formula is C29H39N3O4. The predicted octanol–water partition coefficient (Wildman–Crippen LogP) is 2.79. The molecule has 2 fully saturated rings. The highest BCUT2D eigenvalue weighted by atomic mass is 16.3. The van der Waals surface area contributed by atoms with Gasteiger partial charge in [-0.1, -0.05) is 54.6 Å². The Bertz CT molecular complexity index is 1040. The summed E-state index contributed by atoms with van der Waals surface area (Å²) in [5.74, 6) is -0.478. The van der Waals surface area contributed by atoms with Gasteiger partial charge >= 0.3 is 0 Å². The van der Waals surface area contributed by atoms with E-state index in [1.54, 1.807) is 0 Å². The lowest BCUT2D eigenvalue weighted by Crippen LogP contribution is -2.49. The first kappa shape index (κ1) is 26.3. The van der Waals surface area contributed by atoms with Gasteiger partial charge < -0.3 is 26.2 Å². The maximum atomic E-state index is 13.4. The number of rotatable bonds is 8. The minimum atomic E-state index is -1.17. The minimum Gasteiger partial charge on any atom is -0.391 e. The summed E-state index contributed by atoms with van der Waals surface area (Å²) in [6, 6.07) is 17.6. The number of hydrogen-bond acceptors (Lipinski definition) is 5. The lowest BCUT2D eigenvalue weighted by Gasteiger charge is -2.44. The molecule has 194 valence electrons. The van der Waals surface area contributed by atoms with E-state index in [1.807, 2.05) is 59.5 Å². The zero-order valence-electron chi connectivity index (χ0n) is 21.1. The highest BCUT2D eigenvalue weighted by Gasteiger charge is 2.44. The number of carbonyl (C=O) groups is 2. The molecule has 2 aromatic carbocycles. The van der Waals surface area contributed by atoms with Gasteiger partial charge in [-0.25, -0.2) is 0 Å². The van der Waals surface area contributed by atoms with Crippen LogP contribution in [-0.4, -0.2) is 58.7 Å². The summed E-state index contributed by atoms with van der Waals surface area (Å²) in [5, 5.41) is 25.4.